The van der Waals surface area contributed by atoms with Gasteiger partial charge in [-0.15, -0.1) is 0 Å². The van der Waals surface area contributed by atoms with Gasteiger partial charge in [0.1, 0.15) is 5.92 Å². The zero-order valence-electron chi connectivity index (χ0n) is 11.3. The van der Waals surface area contributed by atoms with Gasteiger partial charge in [0.2, 0.25) is 5.91 Å². The summed E-state index contributed by atoms with van der Waals surface area (Å²) in [5.74, 6) is -2.10. The Labute approximate surface area is 116 Å². The SMILES string of the molecule is CCN(CC)C(=O)CN(C)CC(C(N)=S)C(F)(F)F. The van der Waals surface area contributed by atoms with Crippen molar-refractivity contribution in [2.45, 2.75) is 20.0 Å². The third-order valence-electron chi connectivity index (χ3n) is 2.75. The first-order valence-corrected chi connectivity index (χ1v) is 6.36. The molecular weight excluding hydrogens is 279 g/mol. The lowest BCUT2D eigenvalue weighted by molar-refractivity contribution is -0.159. The Morgan fingerprint density at radius 3 is 2.11 bits per heavy atom. The summed E-state index contributed by atoms with van der Waals surface area (Å²) in [7, 11) is 1.44. The number of rotatable bonds is 7. The second-order valence-electron chi connectivity index (χ2n) is 4.26. The lowest BCUT2D eigenvalue weighted by Gasteiger charge is -2.27. The van der Waals surface area contributed by atoms with E-state index in [0.717, 1.165) is 0 Å². The number of amides is 1. The molecule has 0 rings (SSSR count). The van der Waals surface area contributed by atoms with E-state index in [4.69, 9.17) is 5.73 Å². The Bertz CT molecular complexity index is 319. The van der Waals surface area contributed by atoms with E-state index in [1.54, 1.807) is 4.90 Å². The van der Waals surface area contributed by atoms with Crippen LogP contribution < -0.4 is 5.73 Å². The molecule has 19 heavy (non-hydrogen) atoms. The molecule has 1 unspecified atom stereocenters. The first-order chi connectivity index (χ1) is 8.63. The average molecular weight is 299 g/mol. The molecule has 0 saturated heterocycles. The van der Waals surface area contributed by atoms with Gasteiger partial charge in [-0.25, -0.2) is 0 Å². The first-order valence-electron chi connectivity index (χ1n) is 5.95. The van der Waals surface area contributed by atoms with Gasteiger partial charge in [0.25, 0.3) is 0 Å². The van der Waals surface area contributed by atoms with Gasteiger partial charge in [-0.05, 0) is 20.9 Å². The minimum Gasteiger partial charge on any atom is -0.393 e. The second-order valence-corrected chi connectivity index (χ2v) is 4.73. The number of hydrogen-bond acceptors (Lipinski definition) is 3. The Balaban J connectivity index is 4.55. The third-order valence-corrected chi connectivity index (χ3v) is 3.04. The third kappa shape index (κ3) is 6.20. The molecule has 0 aliphatic heterocycles. The summed E-state index contributed by atoms with van der Waals surface area (Å²) in [6.07, 6.45) is -4.49. The van der Waals surface area contributed by atoms with Crippen LogP contribution in [-0.4, -0.2) is 60.1 Å². The molecule has 0 aromatic rings. The fraction of sp³-hybridized carbons (Fsp3) is 0.818. The molecule has 0 bridgehead atoms. The van der Waals surface area contributed by atoms with Crippen molar-refractivity contribution in [2.24, 2.45) is 11.7 Å². The average Bonchev–Trinajstić information content (AvgIpc) is 2.25. The minimum absolute atomic E-state index is 0.0864. The highest BCUT2D eigenvalue weighted by Gasteiger charge is 2.42. The van der Waals surface area contributed by atoms with Gasteiger partial charge in [0.05, 0.1) is 11.5 Å². The zero-order valence-corrected chi connectivity index (χ0v) is 12.1. The number of nitrogens with two attached hydrogens (primary N) is 1. The number of carbonyl (C=O) groups excluding carboxylic acids is 1. The van der Waals surface area contributed by atoms with Gasteiger partial charge in [0.15, 0.2) is 0 Å². The van der Waals surface area contributed by atoms with E-state index in [2.05, 4.69) is 12.2 Å². The maximum atomic E-state index is 12.7. The van der Waals surface area contributed by atoms with Crippen LogP contribution in [0.25, 0.3) is 0 Å². The Hall–Kier alpha value is -0.890. The Morgan fingerprint density at radius 1 is 1.32 bits per heavy atom. The monoisotopic (exact) mass is 299 g/mol. The number of alkyl halides is 3. The smallest absolute Gasteiger partial charge is 0.393 e. The molecular formula is C11H20F3N3OS. The number of halogens is 3. The van der Waals surface area contributed by atoms with Crippen LogP contribution >= 0.6 is 12.2 Å². The number of likely N-dealkylation sites (N-methyl/N-ethyl adjacent to an activating group) is 2. The number of hydrogen-bond donors (Lipinski definition) is 1. The Kier molecular flexibility index (Phi) is 7.28. The highest BCUT2D eigenvalue weighted by Crippen LogP contribution is 2.27. The van der Waals surface area contributed by atoms with Crippen LogP contribution in [0, 0.1) is 5.92 Å². The largest absolute Gasteiger partial charge is 0.399 e. The molecule has 0 aromatic carbocycles. The van der Waals surface area contributed by atoms with Gasteiger partial charge in [-0.3, -0.25) is 9.69 Å². The zero-order chi connectivity index (χ0) is 15.2. The summed E-state index contributed by atoms with van der Waals surface area (Å²) in [5, 5.41) is 0. The number of thiocarbonyl (C=S) groups is 1. The molecule has 0 radical (unpaired) electrons. The van der Waals surface area contributed by atoms with E-state index in [0.29, 0.717) is 13.1 Å². The summed E-state index contributed by atoms with van der Waals surface area (Å²) in [6.45, 7) is 4.19. The molecule has 112 valence electrons. The molecule has 0 fully saturated rings. The molecule has 0 aliphatic rings. The van der Waals surface area contributed by atoms with Gasteiger partial charge in [0, 0.05) is 19.6 Å². The van der Waals surface area contributed by atoms with E-state index in [-0.39, 0.29) is 12.5 Å². The van der Waals surface area contributed by atoms with Crippen LogP contribution in [0.1, 0.15) is 13.8 Å². The lowest BCUT2D eigenvalue weighted by atomic mass is 10.1. The summed E-state index contributed by atoms with van der Waals surface area (Å²) in [5.41, 5.74) is 5.10. The maximum absolute atomic E-state index is 12.7. The molecule has 1 amide bonds. The van der Waals surface area contributed by atoms with Crippen LogP contribution in [0.2, 0.25) is 0 Å². The van der Waals surface area contributed by atoms with Crippen LogP contribution in [0.15, 0.2) is 0 Å². The van der Waals surface area contributed by atoms with Crippen LogP contribution in [0.3, 0.4) is 0 Å². The molecule has 0 aromatic heterocycles. The van der Waals surface area contributed by atoms with Crippen molar-refractivity contribution in [1.82, 2.24) is 9.80 Å². The molecule has 2 N–H and O–H groups in total. The van der Waals surface area contributed by atoms with Gasteiger partial charge in [-0.2, -0.15) is 13.2 Å². The fourth-order valence-electron chi connectivity index (χ4n) is 1.64. The molecule has 0 aliphatic carbocycles. The summed E-state index contributed by atoms with van der Waals surface area (Å²) in [6, 6.07) is 0. The lowest BCUT2D eigenvalue weighted by Crippen LogP contribution is -2.45. The quantitative estimate of drug-likeness (QED) is 0.719. The second kappa shape index (κ2) is 7.64. The molecule has 0 saturated carbocycles. The van der Waals surface area contributed by atoms with Crippen LogP contribution in [0.4, 0.5) is 13.2 Å². The van der Waals surface area contributed by atoms with E-state index in [1.165, 1.54) is 11.9 Å². The molecule has 1 atom stereocenters. The van der Waals surface area contributed by atoms with E-state index < -0.39 is 23.6 Å². The Morgan fingerprint density at radius 2 is 1.79 bits per heavy atom. The molecule has 0 heterocycles. The number of nitrogens with zero attached hydrogens (tertiary/aromatic N) is 2. The van der Waals surface area contributed by atoms with Crippen molar-refractivity contribution in [3.8, 4) is 0 Å². The van der Waals surface area contributed by atoms with E-state index >= 15 is 0 Å². The topological polar surface area (TPSA) is 49.6 Å². The van der Waals surface area contributed by atoms with Crippen molar-refractivity contribution in [1.29, 1.82) is 0 Å². The first kappa shape index (κ1) is 18.1. The van der Waals surface area contributed by atoms with E-state index in [9.17, 15) is 18.0 Å². The molecule has 4 nitrogen and oxygen atoms in total. The maximum Gasteiger partial charge on any atom is 0.399 e. The highest BCUT2D eigenvalue weighted by atomic mass is 32.1. The summed E-state index contributed by atoms with van der Waals surface area (Å²) in [4.78, 5) is 14.0. The minimum atomic E-state index is -4.49. The van der Waals surface area contributed by atoms with Crippen molar-refractivity contribution in [2.75, 3.05) is 33.2 Å². The number of carbonyl (C=O) groups is 1. The van der Waals surface area contributed by atoms with Crippen molar-refractivity contribution in [3.63, 3.8) is 0 Å². The predicted molar refractivity (Wildman–Crippen MR) is 71.8 cm³/mol. The van der Waals surface area contributed by atoms with Crippen molar-refractivity contribution < 1.29 is 18.0 Å². The predicted octanol–water partition coefficient (Wildman–Crippen LogP) is 1.25. The summed E-state index contributed by atoms with van der Waals surface area (Å²) >= 11 is 4.43. The standard InChI is InChI=1S/C11H20F3N3OS/c1-4-17(5-2)9(18)7-16(3)6-8(10(15)19)11(12,13)14/h8H,4-7H2,1-3H3,(H2,15,19). The van der Waals surface area contributed by atoms with E-state index in [1.807, 2.05) is 13.8 Å². The highest BCUT2D eigenvalue weighted by molar-refractivity contribution is 7.80. The van der Waals surface area contributed by atoms with Gasteiger partial charge >= 0.3 is 6.18 Å². The van der Waals surface area contributed by atoms with Crippen LogP contribution in [-0.2, 0) is 4.79 Å². The molecule has 8 heteroatoms. The van der Waals surface area contributed by atoms with Crippen LogP contribution in [0.5, 0.6) is 0 Å². The summed E-state index contributed by atoms with van der Waals surface area (Å²) < 4.78 is 38.0. The normalized spacial score (nSPS) is 13.4. The molecule has 0 spiro atoms. The van der Waals surface area contributed by atoms with Crippen molar-refractivity contribution >= 4 is 23.1 Å². The fourth-order valence-corrected chi connectivity index (χ4v) is 1.85. The van der Waals surface area contributed by atoms with Gasteiger partial charge in [-0.1, -0.05) is 12.2 Å². The van der Waals surface area contributed by atoms with Crippen molar-refractivity contribution in [3.05, 3.63) is 0 Å². The van der Waals surface area contributed by atoms with Gasteiger partial charge < -0.3 is 10.6 Å².